The molecule has 0 aliphatic carbocycles. The lowest BCUT2D eigenvalue weighted by Gasteiger charge is -1.95. The Morgan fingerprint density at radius 2 is 1.73 bits per heavy atom. The highest BCUT2D eigenvalue weighted by Crippen LogP contribution is 2.24. The molecule has 0 aliphatic heterocycles. The molecule has 2 rings (SSSR count). The highest BCUT2D eigenvalue weighted by atomic mass is 35.5. The van der Waals surface area contributed by atoms with Crippen LogP contribution in [0.1, 0.15) is 5.89 Å². The van der Waals surface area contributed by atoms with Crippen LogP contribution in [0.4, 0.5) is 0 Å². The van der Waals surface area contributed by atoms with E-state index in [0.29, 0.717) is 16.3 Å². The van der Waals surface area contributed by atoms with Gasteiger partial charge in [0.05, 0.1) is 0 Å². The summed E-state index contributed by atoms with van der Waals surface area (Å²) in [6.45, 7) is 1.68. The second kappa shape index (κ2) is 4.30. The molecule has 78 valence electrons. The van der Waals surface area contributed by atoms with Crippen molar-refractivity contribution >= 4 is 35.0 Å². The SMILES string of the molecule is Cc1nnc(Sc2nc(Cl)nc(Cl)n2)o1. The summed E-state index contributed by atoms with van der Waals surface area (Å²) < 4.78 is 5.12. The summed E-state index contributed by atoms with van der Waals surface area (Å²) in [5, 5.41) is 8.09. The third kappa shape index (κ3) is 2.77. The Kier molecular flexibility index (Phi) is 3.03. The van der Waals surface area contributed by atoms with Gasteiger partial charge in [-0.15, -0.1) is 10.2 Å². The van der Waals surface area contributed by atoms with E-state index >= 15 is 0 Å². The first-order valence-electron chi connectivity index (χ1n) is 3.68. The molecule has 0 N–H and O–H groups in total. The quantitative estimate of drug-likeness (QED) is 0.820. The van der Waals surface area contributed by atoms with E-state index in [9.17, 15) is 0 Å². The molecule has 0 saturated carbocycles. The van der Waals surface area contributed by atoms with E-state index in [0.717, 1.165) is 11.8 Å². The van der Waals surface area contributed by atoms with Gasteiger partial charge in [-0.25, -0.2) is 0 Å². The summed E-state index contributed by atoms with van der Waals surface area (Å²) in [6.07, 6.45) is 0. The fourth-order valence-electron chi connectivity index (χ4n) is 0.752. The molecule has 2 aromatic heterocycles. The number of nitrogens with zero attached hydrogens (tertiary/aromatic N) is 5. The maximum absolute atomic E-state index is 5.59. The van der Waals surface area contributed by atoms with E-state index in [-0.39, 0.29) is 10.6 Å². The van der Waals surface area contributed by atoms with Crippen molar-refractivity contribution in [2.75, 3.05) is 0 Å². The van der Waals surface area contributed by atoms with Crippen LogP contribution >= 0.6 is 35.0 Å². The molecule has 6 nitrogen and oxygen atoms in total. The maximum atomic E-state index is 5.59. The van der Waals surface area contributed by atoms with Crippen molar-refractivity contribution in [1.29, 1.82) is 0 Å². The lowest BCUT2D eigenvalue weighted by atomic mass is 10.8. The molecule has 2 heterocycles. The van der Waals surface area contributed by atoms with Crippen LogP contribution in [0, 0.1) is 6.92 Å². The van der Waals surface area contributed by atoms with Gasteiger partial charge in [0.1, 0.15) is 0 Å². The van der Waals surface area contributed by atoms with Gasteiger partial charge in [0.2, 0.25) is 21.6 Å². The molecule has 9 heteroatoms. The maximum Gasteiger partial charge on any atom is 0.284 e. The number of hydrogen-bond acceptors (Lipinski definition) is 7. The van der Waals surface area contributed by atoms with E-state index in [4.69, 9.17) is 27.6 Å². The molecular formula is C6H3Cl2N5OS. The predicted molar refractivity (Wildman–Crippen MR) is 53.0 cm³/mol. The number of aromatic nitrogens is 5. The highest BCUT2D eigenvalue weighted by Gasteiger charge is 2.09. The summed E-state index contributed by atoms with van der Waals surface area (Å²) in [7, 11) is 0. The van der Waals surface area contributed by atoms with Crippen LogP contribution in [-0.4, -0.2) is 25.1 Å². The van der Waals surface area contributed by atoms with E-state index in [2.05, 4.69) is 25.1 Å². The van der Waals surface area contributed by atoms with Crippen molar-refractivity contribution in [3.63, 3.8) is 0 Å². The second-order valence-corrected chi connectivity index (χ2v) is 3.94. The summed E-state index contributed by atoms with van der Waals surface area (Å²) in [4.78, 5) is 11.3. The molecule has 0 saturated heterocycles. The van der Waals surface area contributed by atoms with E-state index in [1.54, 1.807) is 6.92 Å². The highest BCUT2D eigenvalue weighted by molar-refractivity contribution is 7.98. The monoisotopic (exact) mass is 263 g/mol. The lowest BCUT2D eigenvalue weighted by Crippen LogP contribution is -1.91. The fraction of sp³-hybridized carbons (Fsp3) is 0.167. The minimum atomic E-state index is 0.0220. The van der Waals surface area contributed by atoms with Gasteiger partial charge in [-0.2, -0.15) is 15.0 Å². The van der Waals surface area contributed by atoms with E-state index < -0.39 is 0 Å². The smallest absolute Gasteiger partial charge is 0.284 e. The van der Waals surface area contributed by atoms with Gasteiger partial charge in [0.25, 0.3) is 5.22 Å². The van der Waals surface area contributed by atoms with Crippen LogP contribution in [0.15, 0.2) is 14.8 Å². The predicted octanol–water partition coefficient (Wildman–Crippen LogP) is 2.02. The first-order valence-corrected chi connectivity index (χ1v) is 5.26. The Morgan fingerprint density at radius 3 is 2.27 bits per heavy atom. The Bertz CT molecular complexity index is 470. The first-order chi connectivity index (χ1) is 7.13. The molecule has 0 aliphatic rings. The van der Waals surface area contributed by atoms with Gasteiger partial charge in [0, 0.05) is 18.7 Å². The van der Waals surface area contributed by atoms with Crippen LogP contribution in [0.3, 0.4) is 0 Å². The minimum Gasteiger partial charge on any atom is -0.416 e. The Morgan fingerprint density at radius 1 is 1.07 bits per heavy atom. The zero-order chi connectivity index (χ0) is 10.8. The third-order valence-corrected chi connectivity index (χ3v) is 2.29. The van der Waals surface area contributed by atoms with E-state index in [1.807, 2.05) is 0 Å². The number of aryl methyl sites for hydroxylation is 1. The van der Waals surface area contributed by atoms with Crippen LogP contribution in [-0.2, 0) is 0 Å². The molecule has 0 fully saturated rings. The van der Waals surface area contributed by atoms with Crippen molar-refractivity contribution in [1.82, 2.24) is 25.1 Å². The minimum absolute atomic E-state index is 0.0220. The Hall–Kier alpha value is -0.920. The second-order valence-electron chi connectivity index (χ2n) is 2.35. The molecular weight excluding hydrogens is 261 g/mol. The van der Waals surface area contributed by atoms with Crippen LogP contribution in [0.2, 0.25) is 10.6 Å². The zero-order valence-electron chi connectivity index (χ0n) is 7.31. The molecule has 0 atom stereocenters. The van der Waals surface area contributed by atoms with Gasteiger partial charge in [-0.1, -0.05) is 0 Å². The molecule has 0 radical (unpaired) electrons. The molecule has 2 aromatic rings. The molecule has 0 bridgehead atoms. The van der Waals surface area contributed by atoms with Gasteiger partial charge in [0.15, 0.2) is 0 Å². The standard InChI is InChI=1S/C6H3Cl2N5OS/c1-2-12-13-6(14-2)15-5-10-3(7)9-4(8)11-5/h1H3. The van der Waals surface area contributed by atoms with Crippen molar-refractivity contribution < 1.29 is 4.42 Å². The number of hydrogen-bond donors (Lipinski definition) is 0. The van der Waals surface area contributed by atoms with Crippen LogP contribution < -0.4 is 0 Å². The Labute approximate surface area is 98.4 Å². The summed E-state index contributed by atoms with van der Waals surface area (Å²) in [5.41, 5.74) is 0. The molecule has 15 heavy (non-hydrogen) atoms. The Balaban J connectivity index is 2.24. The largest absolute Gasteiger partial charge is 0.416 e. The average Bonchev–Trinajstić information content (AvgIpc) is 2.49. The average molecular weight is 264 g/mol. The van der Waals surface area contributed by atoms with Crippen LogP contribution in [0.5, 0.6) is 0 Å². The molecule has 0 aromatic carbocycles. The van der Waals surface area contributed by atoms with Crippen molar-refractivity contribution in [2.24, 2.45) is 0 Å². The summed E-state index contributed by atoms with van der Waals surface area (Å²) in [6, 6.07) is 0. The van der Waals surface area contributed by atoms with Gasteiger partial charge >= 0.3 is 0 Å². The first kappa shape index (κ1) is 10.6. The number of halogens is 2. The van der Waals surface area contributed by atoms with Crippen LogP contribution in [0.25, 0.3) is 0 Å². The molecule has 0 unspecified atom stereocenters. The van der Waals surface area contributed by atoms with Crippen molar-refractivity contribution in [3.8, 4) is 0 Å². The van der Waals surface area contributed by atoms with Gasteiger partial charge in [-0.3, -0.25) is 0 Å². The zero-order valence-corrected chi connectivity index (χ0v) is 9.64. The van der Waals surface area contributed by atoms with Gasteiger partial charge < -0.3 is 4.42 Å². The normalized spacial score (nSPS) is 10.6. The fourth-order valence-corrected chi connectivity index (χ4v) is 1.88. The lowest BCUT2D eigenvalue weighted by molar-refractivity contribution is 0.429. The third-order valence-electron chi connectivity index (χ3n) is 1.25. The summed E-state index contributed by atoms with van der Waals surface area (Å²) in [5.74, 6) is 0.462. The molecule has 0 amide bonds. The van der Waals surface area contributed by atoms with Crippen molar-refractivity contribution in [2.45, 2.75) is 17.3 Å². The molecule has 0 spiro atoms. The van der Waals surface area contributed by atoms with Crippen molar-refractivity contribution in [3.05, 3.63) is 16.5 Å². The summed E-state index contributed by atoms with van der Waals surface area (Å²) >= 11 is 12.3. The van der Waals surface area contributed by atoms with E-state index in [1.165, 1.54) is 0 Å². The van der Waals surface area contributed by atoms with Gasteiger partial charge in [-0.05, 0) is 23.2 Å². The number of rotatable bonds is 2. The topological polar surface area (TPSA) is 77.6 Å².